The highest BCUT2D eigenvalue weighted by molar-refractivity contribution is 7.89. The van der Waals surface area contributed by atoms with Crippen molar-refractivity contribution in [3.05, 3.63) is 29.8 Å². The average Bonchev–Trinajstić information content (AvgIpc) is 2.59. The summed E-state index contributed by atoms with van der Waals surface area (Å²) in [5.74, 6) is -0.200. The van der Waals surface area contributed by atoms with Crippen LogP contribution in [0.25, 0.3) is 0 Å². The first-order valence-corrected chi connectivity index (χ1v) is 10.1. The van der Waals surface area contributed by atoms with Crippen LogP contribution in [0.2, 0.25) is 0 Å². The van der Waals surface area contributed by atoms with Crippen molar-refractivity contribution in [2.45, 2.75) is 19.3 Å². The minimum atomic E-state index is -3.36. The van der Waals surface area contributed by atoms with Crippen LogP contribution in [-0.2, 0) is 21.2 Å². The summed E-state index contributed by atoms with van der Waals surface area (Å²) in [6.45, 7) is 3.18. The van der Waals surface area contributed by atoms with E-state index in [-0.39, 0.29) is 18.1 Å². The molecule has 1 aromatic carbocycles. The topological polar surface area (TPSA) is 60.9 Å². The molecule has 0 spiro atoms. The monoisotopic (exact) mass is 351 g/mol. The summed E-state index contributed by atoms with van der Waals surface area (Å²) in [5.41, 5.74) is 2.10. The Labute approximate surface area is 144 Å². The van der Waals surface area contributed by atoms with Crippen molar-refractivity contribution in [2.24, 2.45) is 0 Å². The number of hydrogen-bond donors (Lipinski definition) is 0. The lowest BCUT2D eigenvalue weighted by Gasteiger charge is -2.32. The molecule has 1 amide bonds. The van der Waals surface area contributed by atoms with Crippen LogP contribution in [0, 0.1) is 0 Å². The van der Waals surface area contributed by atoms with Crippen LogP contribution in [-0.4, -0.2) is 69.1 Å². The molecule has 0 aromatic heterocycles. The molecule has 1 saturated heterocycles. The summed E-state index contributed by atoms with van der Waals surface area (Å²) < 4.78 is 26.4. The van der Waals surface area contributed by atoms with Crippen LogP contribution in [0.3, 0.4) is 0 Å². The van der Waals surface area contributed by atoms with Crippen LogP contribution in [0.4, 0.5) is 5.69 Å². The summed E-state index contributed by atoms with van der Waals surface area (Å²) in [5, 5.41) is 0. The van der Waals surface area contributed by atoms with E-state index in [0.29, 0.717) is 19.6 Å². The van der Waals surface area contributed by atoms with Gasteiger partial charge in [0.2, 0.25) is 15.9 Å². The van der Waals surface area contributed by atoms with Gasteiger partial charge in [0.1, 0.15) is 0 Å². The van der Waals surface area contributed by atoms with Crippen molar-refractivity contribution < 1.29 is 13.2 Å². The Hall–Kier alpha value is -1.44. The van der Waals surface area contributed by atoms with E-state index in [9.17, 15) is 13.2 Å². The molecule has 1 aromatic rings. The minimum absolute atomic E-state index is 0.0446. The van der Waals surface area contributed by atoms with Gasteiger partial charge in [0, 0.05) is 44.8 Å². The van der Waals surface area contributed by atoms with E-state index in [4.69, 9.17) is 0 Å². The molecule has 0 saturated carbocycles. The number of para-hydroxylation sites is 1. The number of amides is 1. The van der Waals surface area contributed by atoms with Gasteiger partial charge >= 0.3 is 0 Å². The number of aryl methyl sites for hydroxylation is 1. The van der Waals surface area contributed by atoms with Gasteiger partial charge in [0.05, 0.1) is 5.75 Å². The highest BCUT2D eigenvalue weighted by Crippen LogP contribution is 2.27. The first-order chi connectivity index (χ1) is 11.5. The van der Waals surface area contributed by atoms with E-state index in [2.05, 4.69) is 4.90 Å². The third-order valence-corrected chi connectivity index (χ3v) is 6.71. The molecule has 3 rings (SSSR count). The second kappa shape index (κ2) is 7.21. The van der Waals surface area contributed by atoms with E-state index in [1.54, 1.807) is 4.90 Å². The number of hydrogen-bond acceptors (Lipinski definition) is 4. The number of sulfonamides is 1. The van der Waals surface area contributed by atoms with Gasteiger partial charge in [-0.15, -0.1) is 0 Å². The molecular weight excluding hydrogens is 326 g/mol. The average molecular weight is 351 g/mol. The van der Waals surface area contributed by atoms with Crippen molar-refractivity contribution in [1.29, 1.82) is 0 Å². The van der Waals surface area contributed by atoms with Crippen LogP contribution < -0.4 is 4.90 Å². The van der Waals surface area contributed by atoms with Crippen LogP contribution in [0.5, 0.6) is 0 Å². The fraction of sp³-hybridized carbons (Fsp3) is 0.588. The van der Waals surface area contributed by atoms with Crippen molar-refractivity contribution in [3.63, 3.8) is 0 Å². The number of carbonyl (C=O) groups excluding carboxylic acids is 1. The molecule has 0 atom stereocenters. The molecule has 24 heavy (non-hydrogen) atoms. The summed E-state index contributed by atoms with van der Waals surface area (Å²) in [7, 11) is -1.37. The zero-order valence-corrected chi connectivity index (χ0v) is 15.0. The third kappa shape index (κ3) is 3.79. The standard InChI is InChI=1S/C17H25N3O3S/c1-18-10-12-19(13-11-18)24(22,23)14-8-17(21)20-9-4-6-15-5-2-3-7-16(15)20/h2-3,5,7H,4,6,8-14H2,1H3. The van der Waals surface area contributed by atoms with E-state index < -0.39 is 10.0 Å². The predicted octanol–water partition coefficient (Wildman–Crippen LogP) is 0.933. The van der Waals surface area contributed by atoms with Gasteiger partial charge in [-0.3, -0.25) is 4.79 Å². The Morgan fingerprint density at radius 1 is 1.08 bits per heavy atom. The van der Waals surface area contributed by atoms with Crippen LogP contribution in [0.15, 0.2) is 24.3 Å². The van der Waals surface area contributed by atoms with E-state index in [1.807, 2.05) is 31.3 Å². The zero-order valence-electron chi connectivity index (χ0n) is 14.1. The van der Waals surface area contributed by atoms with E-state index in [1.165, 1.54) is 9.87 Å². The Morgan fingerprint density at radius 3 is 2.54 bits per heavy atom. The number of fused-ring (bicyclic) bond motifs is 1. The van der Waals surface area contributed by atoms with E-state index in [0.717, 1.165) is 31.6 Å². The minimum Gasteiger partial charge on any atom is -0.312 e. The van der Waals surface area contributed by atoms with Crippen molar-refractivity contribution >= 4 is 21.6 Å². The molecule has 7 heteroatoms. The lowest BCUT2D eigenvalue weighted by atomic mass is 10.0. The first kappa shape index (κ1) is 17.4. The fourth-order valence-electron chi connectivity index (χ4n) is 3.34. The quantitative estimate of drug-likeness (QED) is 0.810. The van der Waals surface area contributed by atoms with Crippen LogP contribution in [0.1, 0.15) is 18.4 Å². The Balaban J connectivity index is 1.62. The number of piperazine rings is 1. The first-order valence-electron chi connectivity index (χ1n) is 8.52. The molecule has 132 valence electrons. The number of carbonyl (C=O) groups is 1. The summed E-state index contributed by atoms with van der Waals surface area (Å²) in [6.07, 6.45) is 1.94. The van der Waals surface area contributed by atoms with Gasteiger partial charge in [-0.1, -0.05) is 18.2 Å². The Bertz CT molecular complexity index is 697. The predicted molar refractivity (Wildman–Crippen MR) is 94.6 cm³/mol. The van der Waals surface area contributed by atoms with Gasteiger partial charge in [0.25, 0.3) is 0 Å². The summed E-state index contributed by atoms with van der Waals surface area (Å²) in [6, 6.07) is 7.88. The molecule has 0 unspecified atom stereocenters. The number of benzene rings is 1. The molecule has 0 N–H and O–H groups in total. The summed E-state index contributed by atoms with van der Waals surface area (Å²) >= 11 is 0. The smallest absolute Gasteiger partial charge is 0.228 e. The SMILES string of the molecule is CN1CCN(S(=O)(=O)CCC(=O)N2CCCc3ccccc32)CC1. The zero-order chi connectivity index (χ0) is 17.2. The van der Waals surface area contributed by atoms with Gasteiger partial charge in [-0.25, -0.2) is 8.42 Å². The summed E-state index contributed by atoms with van der Waals surface area (Å²) in [4.78, 5) is 16.4. The lowest BCUT2D eigenvalue weighted by molar-refractivity contribution is -0.118. The van der Waals surface area contributed by atoms with Gasteiger partial charge in [-0.2, -0.15) is 4.31 Å². The number of likely N-dealkylation sites (N-methyl/N-ethyl adjacent to an activating group) is 1. The van der Waals surface area contributed by atoms with Crippen LogP contribution >= 0.6 is 0 Å². The molecule has 2 aliphatic heterocycles. The Morgan fingerprint density at radius 2 is 1.79 bits per heavy atom. The van der Waals surface area contributed by atoms with Gasteiger partial charge < -0.3 is 9.80 Å². The maximum absolute atomic E-state index is 12.6. The molecule has 2 heterocycles. The van der Waals surface area contributed by atoms with E-state index >= 15 is 0 Å². The second-order valence-electron chi connectivity index (χ2n) is 6.55. The highest BCUT2D eigenvalue weighted by Gasteiger charge is 2.28. The molecule has 6 nitrogen and oxygen atoms in total. The molecule has 1 fully saturated rings. The second-order valence-corrected chi connectivity index (χ2v) is 8.63. The van der Waals surface area contributed by atoms with Crippen molar-refractivity contribution in [3.8, 4) is 0 Å². The molecule has 0 radical (unpaired) electrons. The number of rotatable bonds is 4. The van der Waals surface area contributed by atoms with Gasteiger partial charge in [-0.05, 0) is 31.5 Å². The number of nitrogens with zero attached hydrogens (tertiary/aromatic N) is 3. The Kier molecular flexibility index (Phi) is 5.22. The van der Waals surface area contributed by atoms with Crippen molar-refractivity contribution in [2.75, 3.05) is 50.4 Å². The number of anilines is 1. The highest BCUT2D eigenvalue weighted by atomic mass is 32.2. The largest absolute Gasteiger partial charge is 0.312 e. The third-order valence-electron chi connectivity index (χ3n) is 4.84. The van der Waals surface area contributed by atoms with Crippen molar-refractivity contribution in [1.82, 2.24) is 9.21 Å². The fourth-order valence-corrected chi connectivity index (χ4v) is 4.75. The normalized spacial score (nSPS) is 20.0. The molecular formula is C17H25N3O3S. The molecule has 0 bridgehead atoms. The maximum atomic E-state index is 12.6. The molecule has 0 aliphatic carbocycles. The molecule has 2 aliphatic rings. The lowest BCUT2D eigenvalue weighted by Crippen LogP contribution is -2.48. The van der Waals surface area contributed by atoms with Gasteiger partial charge in [0.15, 0.2) is 0 Å². The maximum Gasteiger partial charge on any atom is 0.228 e.